The molecule has 2 aromatic carbocycles. The quantitative estimate of drug-likeness (QED) is 0.234. The van der Waals surface area contributed by atoms with Gasteiger partial charge in [-0.1, -0.05) is 61.4 Å². The number of hydrogen-bond donors (Lipinski definition) is 1. The van der Waals surface area contributed by atoms with E-state index in [0.717, 1.165) is 22.3 Å². The molecule has 2 aliphatic rings. The van der Waals surface area contributed by atoms with E-state index < -0.39 is 35.5 Å². The molecule has 1 heterocycles. The summed E-state index contributed by atoms with van der Waals surface area (Å²) in [6.07, 6.45) is 1.07. The Labute approximate surface area is 239 Å². The Bertz CT molecular complexity index is 1250. The molecule has 3 amide bonds. The summed E-state index contributed by atoms with van der Waals surface area (Å²) in [5, 5.41) is 3.00. The summed E-state index contributed by atoms with van der Waals surface area (Å²) in [6, 6.07) is 14.7. The molecule has 0 bridgehead atoms. The predicted molar refractivity (Wildman–Crippen MR) is 148 cm³/mol. The SMILES string of the molecule is CC(C)(C)OC(=O)CCCCC[C@H](NC(=O)OCC1c2ccccc2-c2ccccc21)C(=O)ON1C(=O)CCC1=O. The number of benzene rings is 2. The Kier molecular flexibility index (Phi) is 9.42. The van der Waals surface area contributed by atoms with Gasteiger partial charge in [-0.05, 0) is 55.9 Å². The van der Waals surface area contributed by atoms with Gasteiger partial charge in [-0.25, -0.2) is 9.59 Å². The van der Waals surface area contributed by atoms with Crippen LogP contribution >= 0.6 is 0 Å². The molecule has 0 spiro atoms. The maximum atomic E-state index is 12.9. The molecule has 0 aromatic heterocycles. The lowest BCUT2D eigenvalue weighted by atomic mass is 9.98. The Morgan fingerprint density at radius 2 is 1.49 bits per heavy atom. The van der Waals surface area contributed by atoms with Crippen molar-refractivity contribution >= 4 is 29.8 Å². The molecule has 10 heteroatoms. The molecule has 0 saturated carbocycles. The molecule has 1 atom stereocenters. The Hall–Kier alpha value is -4.21. The highest BCUT2D eigenvalue weighted by molar-refractivity contribution is 6.01. The summed E-state index contributed by atoms with van der Waals surface area (Å²) in [7, 11) is 0. The Balaban J connectivity index is 1.35. The largest absolute Gasteiger partial charge is 0.460 e. The van der Waals surface area contributed by atoms with Crippen molar-refractivity contribution < 1.29 is 38.3 Å². The minimum Gasteiger partial charge on any atom is -0.460 e. The van der Waals surface area contributed by atoms with Crippen LogP contribution in [0.3, 0.4) is 0 Å². The summed E-state index contributed by atoms with van der Waals surface area (Å²) >= 11 is 0. The second-order valence-electron chi connectivity index (χ2n) is 11.2. The molecule has 1 fully saturated rings. The van der Waals surface area contributed by atoms with Gasteiger partial charge in [-0.15, -0.1) is 5.06 Å². The average molecular weight is 565 g/mol. The van der Waals surface area contributed by atoms with Gasteiger partial charge in [0.25, 0.3) is 11.8 Å². The molecule has 41 heavy (non-hydrogen) atoms. The van der Waals surface area contributed by atoms with Gasteiger partial charge >= 0.3 is 18.0 Å². The van der Waals surface area contributed by atoms with Crippen LogP contribution in [0, 0.1) is 0 Å². The van der Waals surface area contributed by atoms with Crippen molar-refractivity contribution in [1.82, 2.24) is 10.4 Å². The van der Waals surface area contributed by atoms with Crippen LogP contribution < -0.4 is 5.32 Å². The standard InChI is InChI=1S/C31H36N2O8/c1-31(2,3)40-28(36)16-6-4-5-15-25(29(37)41-33-26(34)17-18-27(33)35)32-30(38)39-19-24-22-13-9-7-11-20(22)21-12-8-10-14-23(21)24/h7-14,24-25H,4-6,15-19H2,1-3H3,(H,32,38)/t25-/m0/s1. The van der Waals surface area contributed by atoms with Crippen LogP contribution in [0.4, 0.5) is 4.79 Å². The lowest BCUT2D eigenvalue weighted by molar-refractivity contribution is -0.199. The molecule has 0 radical (unpaired) electrons. The van der Waals surface area contributed by atoms with Crippen LogP contribution in [0.25, 0.3) is 11.1 Å². The zero-order valence-corrected chi connectivity index (χ0v) is 23.6. The number of carbonyl (C=O) groups excluding carboxylic acids is 5. The average Bonchev–Trinajstić information content (AvgIpc) is 3.41. The van der Waals surface area contributed by atoms with Gasteiger partial charge in [0.2, 0.25) is 0 Å². The van der Waals surface area contributed by atoms with E-state index in [-0.39, 0.29) is 44.2 Å². The van der Waals surface area contributed by atoms with Crippen molar-refractivity contribution in [2.24, 2.45) is 0 Å². The molecule has 1 aliphatic heterocycles. The van der Waals surface area contributed by atoms with Crippen LogP contribution in [-0.4, -0.2) is 53.2 Å². The summed E-state index contributed by atoms with van der Waals surface area (Å²) in [6.45, 7) is 5.45. The van der Waals surface area contributed by atoms with E-state index in [1.807, 2.05) is 48.5 Å². The molecule has 10 nitrogen and oxygen atoms in total. The number of esters is 1. The lowest BCUT2D eigenvalue weighted by Gasteiger charge is -2.21. The number of carbonyl (C=O) groups is 5. The number of imide groups is 1. The van der Waals surface area contributed by atoms with E-state index in [4.69, 9.17) is 14.3 Å². The molecule has 218 valence electrons. The third-order valence-corrected chi connectivity index (χ3v) is 6.90. The molecule has 2 aromatic rings. The van der Waals surface area contributed by atoms with Crippen molar-refractivity contribution in [2.75, 3.05) is 6.61 Å². The number of alkyl carbamates (subject to hydrolysis) is 1. The highest BCUT2D eigenvalue weighted by Crippen LogP contribution is 2.44. The van der Waals surface area contributed by atoms with E-state index in [2.05, 4.69) is 5.32 Å². The third-order valence-electron chi connectivity index (χ3n) is 6.90. The topological polar surface area (TPSA) is 128 Å². The maximum Gasteiger partial charge on any atom is 0.407 e. The van der Waals surface area contributed by atoms with Crippen molar-refractivity contribution in [3.8, 4) is 11.1 Å². The summed E-state index contributed by atoms with van der Waals surface area (Å²) < 4.78 is 10.9. The first-order valence-corrected chi connectivity index (χ1v) is 13.9. The van der Waals surface area contributed by atoms with Crippen LogP contribution in [0.15, 0.2) is 48.5 Å². The normalized spacial score (nSPS) is 15.2. The molecule has 4 rings (SSSR count). The molecule has 1 saturated heterocycles. The first kappa shape index (κ1) is 29.8. The zero-order chi connectivity index (χ0) is 29.6. The monoisotopic (exact) mass is 564 g/mol. The van der Waals surface area contributed by atoms with Crippen LogP contribution in [0.5, 0.6) is 0 Å². The number of amides is 3. The molecule has 0 unspecified atom stereocenters. The van der Waals surface area contributed by atoms with Crippen molar-refractivity contribution in [1.29, 1.82) is 0 Å². The maximum absolute atomic E-state index is 12.9. The Morgan fingerprint density at radius 3 is 2.07 bits per heavy atom. The van der Waals surface area contributed by atoms with Crippen LogP contribution in [0.1, 0.15) is 82.8 Å². The molecular weight excluding hydrogens is 528 g/mol. The van der Waals surface area contributed by atoms with Gasteiger partial charge in [-0.3, -0.25) is 14.4 Å². The Morgan fingerprint density at radius 1 is 0.902 bits per heavy atom. The predicted octanol–water partition coefficient (Wildman–Crippen LogP) is 4.79. The fourth-order valence-corrected chi connectivity index (χ4v) is 5.03. The number of rotatable bonds is 11. The van der Waals surface area contributed by atoms with Gasteiger partial charge in [-0.2, -0.15) is 0 Å². The van der Waals surface area contributed by atoms with Crippen molar-refractivity contribution in [3.05, 3.63) is 59.7 Å². The number of hydroxylamine groups is 2. The number of unbranched alkanes of at least 4 members (excludes halogenated alkanes) is 2. The van der Waals surface area contributed by atoms with Gasteiger partial charge in [0.1, 0.15) is 18.2 Å². The first-order chi connectivity index (χ1) is 19.5. The van der Waals surface area contributed by atoms with Crippen molar-refractivity contribution in [2.45, 2.75) is 83.3 Å². The molecule has 1 aliphatic carbocycles. The van der Waals surface area contributed by atoms with Crippen molar-refractivity contribution in [3.63, 3.8) is 0 Å². The zero-order valence-electron chi connectivity index (χ0n) is 23.6. The first-order valence-electron chi connectivity index (χ1n) is 13.9. The summed E-state index contributed by atoms with van der Waals surface area (Å²) in [4.78, 5) is 66.7. The number of nitrogens with zero attached hydrogens (tertiary/aromatic N) is 1. The smallest absolute Gasteiger partial charge is 0.407 e. The molecular formula is C31H36N2O8. The lowest BCUT2D eigenvalue weighted by Crippen LogP contribution is -2.45. The summed E-state index contributed by atoms with van der Waals surface area (Å²) in [5.41, 5.74) is 3.71. The summed E-state index contributed by atoms with van der Waals surface area (Å²) in [5.74, 6) is -2.63. The third kappa shape index (κ3) is 7.71. The second-order valence-corrected chi connectivity index (χ2v) is 11.2. The van der Waals surface area contributed by atoms with Gasteiger partial charge < -0.3 is 19.6 Å². The van der Waals surface area contributed by atoms with E-state index in [9.17, 15) is 24.0 Å². The molecule has 1 N–H and O–H groups in total. The highest BCUT2D eigenvalue weighted by atomic mass is 16.7. The number of ether oxygens (including phenoxy) is 2. The van der Waals surface area contributed by atoms with Gasteiger partial charge in [0, 0.05) is 25.2 Å². The van der Waals surface area contributed by atoms with Gasteiger partial charge in [0.15, 0.2) is 0 Å². The minimum atomic E-state index is -1.16. The number of hydrogen-bond acceptors (Lipinski definition) is 8. The van der Waals surface area contributed by atoms with E-state index in [1.54, 1.807) is 20.8 Å². The van der Waals surface area contributed by atoms with E-state index in [0.29, 0.717) is 24.3 Å². The number of nitrogens with one attached hydrogen (secondary N) is 1. The fraction of sp³-hybridized carbons (Fsp3) is 0.452. The van der Waals surface area contributed by atoms with E-state index in [1.165, 1.54) is 0 Å². The van der Waals surface area contributed by atoms with Gasteiger partial charge in [0.05, 0.1) is 0 Å². The van der Waals surface area contributed by atoms with E-state index >= 15 is 0 Å². The minimum absolute atomic E-state index is 0.0404. The van der Waals surface area contributed by atoms with Crippen LogP contribution in [-0.2, 0) is 33.5 Å². The number of fused-ring (bicyclic) bond motifs is 3. The highest BCUT2D eigenvalue weighted by Gasteiger charge is 2.36. The second kappa shape index (κ2) is 13.0. The fourth-order valence-electron chi connectivity index (χ4n) is 5.03. The van der Waals surface area contributed by atoms with Crippen LogP contribution in [0.2, 0.25) is 0 Å².